The molecule has 16 heavy (non-hydrogen) atoms. The monoisotopic (exact) mass is 254 g/mol. The molecule has 4 heteroatoms. The van der Waals surface area contributed by atoms with Gasteiger partial charge < -0.3 is 5.11 Å². The fraction of sp³-hybridized carbons (Fsp3) is 0.250. The van der Waals surface area contributed by atoms with Crippen LogP contribution < -0.4 is 0 Å². The molecule has 1 aromatic heterocycles. The van der Waals surface area contributed by atoms with Gasteiger partial charge in [0.05, 0.1) is 5.41 Å². The van der Waals surface area contributed by atoms with Crippen LogP contribution in [0.1, 0.15) is 19.4 Å². The molecule has 0 aliphatic rings. The highest BCUT2D eigenvalue weighted by molar-refractivity contribution is 7.17. The van der Waals surface area contributed by atoms with Gasteiger partial charge in [-0.05, 0) is 36.9 Å². The van der Waals surface area contributed by atoms with Gasteiger partial charge >= 0.3 is 5.97 Å². The predicted molar refractivity (Wildman–Crippen MR) is 67.5 cm³/mol. The number of carbonyl (C=O) groups is 1. The molecule has 0 spiro atoms. The van der Waals surface area contributed by atoms with Gasteiger partial charge in [0.1, 0.15) is 0 Å². The van der Waals surface area contributed by atoms with Crippen LogP contribution in [0, 0.1) is 0 Å². The Morgan fingerprint density at radius 2 is 2.12 bits per heavy atom. The average molecular weight is 255 g/mol. The molecule has 84 valence electrons. The number of fused-ring (bicyclic) bond motifs is 1. The molecule has 0 radical (unpaired) electrons. The average Bonchev–Trinajstić information content (AvgIpc) is 2.63. The number of rotatable bonds is 2. The van der Waals surface area contributed by atoms with E-state index in [0.29, 0.717) is 5.02 Å². The smallest absolute Gasteiger partial charge is 0.313 e. The summed E-state index contributed by atoms with van der Waals surface area (Å²) in [5, 5.41) is 12.6. The molecule has 1 aromatic carbocycles. The fourth-order valence-electron chi connectivity index (χ4n) is 1.62. The Labute approximate surface area is 102 Å². The summed E-state index contributed by atoms with van der Waals surface area (Å²) in [5.74, 6) is -0.841. The quantitative estimate of drug-likeness (QED) is 0.882. The Morgan fingerprint density at radius 3 is 2.75 bits per heavy atom. The van der Waals surface area contributed by atoms with E-state index in [1.54, 1.807) is 19.9 Å². The molecule has 0 bridgehead atoms. The van der Waals surface area contributed by atoms with Crippen molar-refractivity contribution in [3.8, 4) is 0 Å². The first-order valence-corrected chi connectivity index (χ1v) is 6.10. The molecule has 0 aliphatic carbocycles. The summed E-state index contributed by atoms with van der Waals surface area (Å²) in [7, 11) is 0. The highest BCUT2D eigenvalue weighted by Gasteiger charge is 2.32. The zero-order valence-electron chi connectivity index (χ0n) is 8.95. The lowest BCUT2D eigenvalue weighted by Crippen LogP contribution is -2.28. The second kappa shape index (κ2) is 3.75. The van der Waals surface area contributed by atoms with E-state index in [4.69, 9.17) is 11.6 Å². The van der Waals surface area contributed by atoms with E-state index >= 15 is 0 Å². The summed E-state index contributed by atoms with van der Waals surface area (Å²) in [4.78, 5) is 11.2. The van der Waals surface area contributed by atoms with Crippen molar-refractivity contribution in [1.29, 1.82) is 0 Å². The van der Waals surface area contributed by atoms with Crippen LogP contribution in [0.5, 0.6) is 0 Å². The van der Waals surface area contributed by atoms with Crippen LogP contribution in [0.25, 0.3) is 10.1 Å². The van der Waals surface area contributed by atoms with Gasteiger partial charge in [-0.2, -0.15) is 0 Å². The van der Waals surface area contributed by atoms with Gasteiger partial charge in [0.25, 0.3) is 0 Å². The molecular weight excluding hydrogens is 244 g/mol. The molecule has 0 aliphatic heterocycles. The molecule has 0 amide bonds. The van der Waals surface area contributed by atoms with Crippen LogP contribution in [-0.4, -0.2) is 11.1 Å². The van der Waals surface area contributed by atoms with E-state index < -0.39 is 11.4 Å². The third-order valence-corrected chi connectivity index (χ3v) is 4.02. The zero-order chi connectivity index (χ0) is 11.9. The lowest BCUT2D eigenvalue weighted by atomic mass is 9.85. The van der Waals surface area contributed by atoms with Crippen molar-refractivity contribution in [3.63, 3.8) is 0 Å². The summed E-state index contributed by atoms with van der Waals surface area (Å²) in [5.41, 5.74) is -0.130. The van der Waals surface area contributed by atoms with Crippen LogP contribution in [0.4, 0.5) is 0 Å². The highest BCUT2D eigenvalue weighted by Crippen LogP contribution is 2.38. The van der Waals surface area contributed by atoms with E-state index in [1.807, 2.05) is 17.5 Å². The molecule has 2 aromatic rings. The highest BCUT2D eigenvalue weighted by atomic mass is 35.5. The van der Waals surface area contributed by atoms with Crippen molar-refractivity contribution in [2.24, 2.45) is 0 Å². The van der Waals surface area contributed by atoms with Crippen molar-refractivity contribution < 1.29 is 9.90 Å². The summed E-state index contributed by atoms with van der Waals surface area (Å²) < 4.78 is 1.02. The molecule has 2 nitrogen and oxygen atoms in total. The SMILES string of the molecule is CC(C)(C(=O)O)c1csc2cccc(Cl)c12. The second-order valence-electron chi connectivity index (χ2n) is 4.19. The van der Waals surface area contributed by atoms with Crippen LogP contribution in [0.15, 0.2) is 23.6 Å². The summed E-state index contributed by atoms with van der Waals surface area (Å²) >= 11 is 7.65. The normalized spacial score (nSPS) is 11.9. The van der Waals surface area contributed by atoms with Crippen molar-refractivity contribution >= 4 is 39.0 Å². The van der Waals surface area contributed by atoms with Crippen LogP contribution in [-0.2, 0) is 10.2 Å². The van der Waals surface area contributed by atoms with E-state index in [9.17, 15) is 9.90 Å². The number of carboxylic acids is 1. The fourth-order valence-corrected chi connectivity index (χ4v) is 3.10. The molecule has 0 saturated carbocycles. The maximum atomic E-state index is 11.2. The third-order valence-electron chi connectivity index (χ3n) is 2.76. The maximum absolute atomic E-state index is 11.2. The second-order valence-corrected chi connectivity index (χ2v) is 5.51. The molecule has 1 N–H and O–H groups in total. The van der Waals surface area contributed by atoms with Gasteiger partial charge in [0.2, 0.25) is 0 Å². The first kappa shape index (κ1) is 11.4. The van der Waals surface area contributed by atoms with Crippen LogP contribution >= 0.6 is 22.9 Å². The minimum Gasteiger partial charge on any atom is -0.481 e. The minimum absolute atomic E-state index is 0.614. The van der Waals surface area contributed by atoms with Crippen molar-refractivity contribution in [3.05, 3.63) is 34.2 Å². The molecule has 0 fully saturated rings. The van der Waals surface area contributed by atoms with E-state index in [-0.39, 0.29) is 0 Å². The topological polar surface area (TPSA) is 37.3 Å². The predicted octanol–water partition coefficient (Wildman–Crippen LogP) is 3.92. The maximum Gasteiger partial charge on any atom is 0.313 e. The van der Waals surface area contributed by atoms with Gasteiger partial charge in [-0.25, -0.2) is 0 Å². The van der Waals surface area contributed by atoms with Gasteiger partial charge in [0.15, 0.2) is 0 Å². The number of hydrogen-bond acceptors (Lipinski definition) is 2. The van der Waals surface area contributed by atoms with Crippen molar-refractivity contribution in [2.75, 3.05) is 0 Å². The first-order chi connectivity index (χ1) is 7.44. The van der Waals surface area contributed by atoms with Gasteiger partial charge in [0, 0.05) is 15.1 Å². The van der Waals surface area contributed by atoms with E-state index in [0.717, 1.165) is 15.6 Å². The lowest BCUT2D eigenvalue weighted by Gasteiger charge is -2.18. The van der Waals surface area contributed by atoms with E-state index in [2.05, 4.69) is 0 Å². The third kappa shape index (κ3) is 1.60. The molecule has 1 heterocycles. The number of benzene rings is 1. The zero-order valence-corrected chi connectivity index (χ0v) is 10.5. The number of halogens is 1. The summed E-state index contributed by atoms with van der Waals surface area (Å²) in [6.07, 6.45) is 0. The van der Waals surface area contributed by atoms with Gasteiger partial charge in [-0.15, -0.1) is 11.3 Å². The van der Waals surface area contributed by atoms with Gasteiger partial charge in [-0.3, -0.25) is 4.79 Å². The number of carboxylic acid groups (broad SMARTS) is 1. The minimum atomic E-state index is -0.913. The van der Waals surface area contributed by atoms with Crippen LogP contribution in [0.3, 0.4) is 0 Å². The van der Waals surface area contributed by atoms with Crippen LogP contribution in [0.2, 0.25) is 5.02 Å². The van der Waals surface area contributed by atoms with Gasteiger partial charge in [-0.1, -0.05) is 17.7 Å². The Bertz CT molecular complexity index is 557. The molecule has 2 rings (SSSR count). The molecule has 0 atom stereocenters. The van der Waals surface area contributed by atoms with Crippen molar-refractivity contribution in [1.82, 2.24) is 0 Å². The molecular formula is C12H11ClO2S. The Morgan fingerprint density at radius 1 is 1.44 bits per heavy atom. The first-order valence-electron chi connectivity index (χ1n) is 4.84. The molecule has 0 saturated heterocycles. The summed E-state index contributed by atoms with van der Waals surface area (Å²) in [6.45, 7) is 3.39. The van der Waals surface area contributed by atoms with Crippen molar-refractivity contribution in [2.45, 2.75) is 19.3 Å². The number of aliphatic carboxylic acids is 1. The Kier molecular flexibility index (Phi) is 2.68. The molecule has 0 unspecified atom stereocenters. The number of thiophene rings is 1. The summed E-state index contributed by atoms with van der Waals surface area (Å²) in [6, 6.07) is 5.62. The Balaban J connectivity index is 2.76. The standard InChI is InChI=1S/C12H11ClO2S/c1-12(2,11(14)15)7-6-16-9-5-3-4-8(13)10(7)9/h3-6H,1-2H3,(H,14,15). The number of hydrogen-bond donors (Lipinski definition) is 1. The largest absolute Gasteiger partial charge is 0.481 e. The lowest BCUT2D eigenvalue weighted by molar-refractivity contribution is -0.142. The Hall–Kier alpha value is -1.06. The van der Waals surface area contributed by atoms with E-state index in [1.165, 1.54) is 11.3 Å².